The van der Waals surface area contributed by atoms with Gasteiger partial charge in [0.05, 0.1) is 12.5 Å². The summed E-state index contributed by atoms with van der Waals surface area (Å²) in [6.07, 6.45) is 3.80. The number of fused-ring (bicyclic) bond motifs is 1. The maximum Gasteiger partial charge on any atom is 0.227 e. The number of amides is 1. The largest absolute Gasteiger partial charge is 0.342 e. The van der Waals surface area contributed by atoms with Crippen LogP contribution in [0.25, 0.3) is 11.2 Å². The Morgan fingerprint density at radius 2 is 1.96 bits per heavy atom. The molecule has 3 heterocycles. The fourth-order valence-electron chi connectivity index (χ4n) is 3.30. The highest BCUT2D eigenvalue weighted by molar-refractivity contribution is 6.31. The van der Waals surface area contributed by atoms with Gasteiger partial charge in [0.2, 0.25) is 5.91 Å². The fourth-order valence-corrected chi connectivity index (χ4v) is 3.51. The van der Waals surface area contributed by atoms with Crippen molar-refractivity contribution >= 4 is 28.7 Å². The molecule has 1 saturated heterocycles. The van der Waals surface area contributed by atoms with Crippen molar-refractivity contribution in [1.29, 1.82) is 0 Å². The first kappa shape index (κ1) is 16.0. The van der Waals surface area contributed by atoms with Crippen LogP contribution in [-0.4, -0.2) is 43.9 Å². The zero-order valence-corrected chi connectivity index (χ0v) is 14.4. The summed E-state index contributed by atoms with van der Waals surface area (Å²) in [6, 6.07) is 11.5. The Labute approximate surface area is 150 Å². The van der Waals surface area contributed by atoms with Gasteiger partial charge in [0.25, 0.3) is 0 Å². The van der Waals surface area contributed by atoms with E-state index in [0.717, 1.165) is 29.6 Å². The van der Waals surface area contributed by atoms with Crippen LogP contribution in [-0.2, 0) is 11.2 Å². The van der Waals surface area contributed by atoms with Gasteiger partial charge >= 0.3 is 0 Å². The van der Waals surface area contributed by atoms with Gasteiger partial charge < -0.3 is 4.90 Å². The molecule has 2 aromatic heterocycles. The van der Waals surface area contributed by atoms with Crippen LogP contribution >= 0.6 is 11.6 Å². The van der Waals surface area contributed by atoms with Gasteiger partial charge in [-0.25, -0.2) is 9.67 Å². The van der Waals surface area contributed by atoms with Crippen LogP contribution in [0.2, 0.25) is 5.02 Å². The lowest BCUT2D eigenvalue weighted by Gasteiger charge is -2.32. The predicted molar refractivity (Wildman–Crippen MR) is 95.3 cm³/mol. The van der Waals surface area contributed by atoms with Crippen LogP contribution < -0.4 is 0 Å². The summed E-state index contributed by atoms with van der Waals surface area (Å²) in [4.78, 5) is 18.8. The van der Waals surface area contributed by atoms with Crippen LogP contribution in [0.5, 0.6) is 0 Å². The Balaban J connectivity index is 1.41. The van der Waals surface area contributed by atoms with Crippen molar-refractivity contribution in [2.45, 2.75) is 25.3 Å². The van der Waals surface area contributed by atoms with E-state index in [1.165, 1.54) is 0 Å². The first-order valence-corrected chi connectivity index (χ1v) is 8.77. The van der Waals surface area contributed by atoms with Gasteiger partial charge in [-0.05, 0) is 36.6 Å². The second-order valence-corrected chi connectivity index (χ2v) is 6.67. The van der Waals surface area contributed by atoms with E-state index < -0.39 is 0 Å². The number of piperidine rings is 1. The summed E-state index contributed by atoms with van der Waals surface area (Å²) < 4.78 is 1.89. The van der Waals surface area contributed by atoms with Gasteiger partial charge in [0.1, 0.15) is 5.52 Å². The van der Waals surface area contributed by atoms with Crippen molar-refractivity contribution in [1.82, 2.24) is 24.9 Å². The number of carbonyl (C=O) groups excluding carboxylic acids is 1. The molecule has 0 N–H and O–H groups in total. The molecule has 25 heavy (non-hydrogen) atoms. The van der Waals surface area contributed by atoms with E-state index in [9.17, 15) is 4.79 Å². The molecule has 1 aliphatic rings. The van der Waals surface area contributed by atoms with Crippen molar-refractivity contribution in [3.05, 3.63) is 53.2 Å². The number of aromatic nitrogens is 4. The minimum absolute atomic E-state index is 0.119. The van der Waals surface area contributed by atoms with E-state index in [4.69, 9.17) is 11.6 Å². The van der Waals surface area contributed by atoms with E-state index in [1.54, 1.807) is 6.20 Å². The summed E-state index contributed by atoms with van der Waals surface area (Å²) in [5.74, 6) is 0.119. The lowest BCUT2D eigenvalue weighted by molar-refractivity contribution is -0.131. The average Bonchev–Trinajstić information content (AvgIpc) is 3.08. The molecule has 0 bridgehead atoms. The van der Waals surface area contributed by atoms with Crippen molar-refractivity contribution in [3.63, 3.8) is 0 Å². The first-order chi connectivity index (χ1) is 12.2. The van der Waals surface area contributed by atoms with Gasteiger partial charge in [-0.2, -0.15) is 0 Å². The molecule has 128 valence electrons. The van der Waals surface area contributed by atoms with E-state index in [1.807, 2.05) is 46.0 Å². The Bertz CT molecular complexity index is 901. The predicted octanol–water partition coefficient (Wildman–Crippen LogP) is 2.89. The highest BCUT2D eigenvalue weighted by Gasteiger charge is 2.26. The number of nitrogens with zero attached hydrogens (tertiary/aromatic N) is 5. The Morgan fingerprint density at radius 1 is 1.16 bits per heavy atom. The average molecular weight is 356 g/mol. The molecular weight excluding hydrogens is 338 g/mol. The second kappa shape index (κ2) is 6.80. The van der Waals surface area contributed by atoms with Crippen LogP contribution in [0, 0.1) is 0 Å². The molecule has 0 spiro atoms. The zero-order valence-electron chi connectivity index (χ0n) is 13.7. The third-order valence-electron chi connectivity index (χ3n) is 4.69. The molecule has 1 amide bonds. The van der Waals surface area contributed by atoms with E-state index in [-0.39, 0.29) is 11.9 Å². The van der Waals surface area contributed by atoms with Gasteiger partial charge in [-0.3, -0.25) is 4.79 Å². The number of likely N-dealkylation sites (tertiary alicyclic amines) is 1. The fraction of sp³-hybridized carbons (Fsp3) is 0.333. The number of hydrogen-bond donors (Lipinski definition) is 0. The first-order valence-electron chi connectivity index (χ1n) is 8.39. The van der Waals surface area contributed by atoms with Crippen molar-refractivity contribution in [2.24, 2.45) is 0 Å². The quantitative estimate of drug-likeness (QED) is 0.724. The maximum atomic E-state index is 12.5. The molecule has 0 aliphatic carbocycles. The standard InChI is InChI=1S/C18H18ClN5O/c19-15-5-2-1-4-13(15)12-17(25)23-10-7-14(8-11-23)24-18-16(21-22-24)6-3-9-20-18/h1-6,9,14H,7-8,10-12H2. The molecule has 0 atom stereocenters. The van der Waals surface area contributed by atoms with Gasteiger partial charge in [-0.15, -0.1) is 5.10 Å². The smallest absolute Gasteiger partial charge is 0.227 e. The number of rotatable bonds is 3. The van der Waals surface area contributed by atoms with Crippen LogP contribution in [0.1, 0.15) is 24.4 Å². The van der Waals surface area contributed by atoms with Crippen LogP contribution in [0.3, 0.4) is 0 Å². The molecule has 0 unspecified atom stereocenters. The molecule has 6 nitrogen and oxygen atoms in total. The summed E-state index contributed by atoms with van der Waals surface area (Å²) in [7, 11) is 0. The molecule has 1 aromatic carbocycles. The topological polar surface area (TPSA) is 63.9 Å². The van der Waals surface area contributed by atoms with E-state index in [0.29, 0.717) is 24.5 Å². The summed E-state index contributed by atoms with van der Waals surface area (Å²) in [6.45, 7) is 1.42. The Hall–Kier alpha value is -2.47. The minimum Gasteiger partial charge on any atom is -0.342 e. The summed E-state index contributed by atoms with van der Waals surface area (Å²) >= 11 is 6.16. The monoisotopic (exact) mass is 355 g/mol. The summed E-state index contributed by atoms with van der Waals surface area (Å²) in [5.41, 5.74) is 2.49. The maximum absolute atomic E-state index is 12.5. The third-order valence-corrected chi connectivity index (χ3v) is 5.06. The number of pyridine rings is 1. The van der Waals surface area contributed by atoms with Crippen molar-refractivity contribution in [3.8, 4) is 0 Å². The number of hydrogen-bond acceptors (Lipinski definition) is 4. The number of halogens is 1. The molecule has 0 saturated carbocycles. The molecule has 7 heteroatoms. The molecule has 1 aliphatic heterocycles. The van der Waals surface area contributed by atoms with E-state index >= 15 is 0 Å². The van der Waals surface area contributed by atoms with Gasteiger partial charge in [-0.1, -0.05) is 35.0 Å². The second-order valence-electron chi connectivity index (χ2n) is 6.26. The molecule has 3 aromatic rings. The Morgan fingerprint density at radius 3 is 2.76 bits per heavy atom. The highest BCUT2D eigenvalue weighted by Crippen LogP contribution is 2.25. The lowest BCUT2D eigenvalue weighted by atomic mass is 10.0. The van der Waals surface area contributed by atoms with E-state index in [2.05, 4.69) is 15.3 Å². The lowest BCUT2D eigenvalue weighted by Crippen LogP contribution is -2.40. The van der Waals surface area contributed by atoms with Gasteiger partial charge in [0.15, 0.2) is 5.65 Å². The summed E-state index contributed by atoms with van der Waals surface area (Å²) in [5, 5.41) is 9.06. The van der Waals surface area contributed by atoms with Crippen LogP contribution in [0.4, 0.5) is 0 Å². The van der Waals surface area contributed by atoms with Crippen molar-refractivity contribution < 1.29 is 4.79 Å². The Kier molecular flexibility index (Phi) is 4.36. The number of carbonyl (C=O) groups is 1. The molecule has 1 fully saturated rings. The molecule has 0 radical (unpaired) electrons. The highest BCUT2D eigenvalue weighted by atomic mass is 35.5. The normalized spacial score (nSPS) is 15.6. The molecule has 4 rings (SSSR count). The molecular formula is C18H18ClN5O. The minimum atomic E-state index is 0.119. The third kappa shape index (κ3) is 3.22. The van der Waals surface area contributed by atoms with Crippen LogP contribution in [0.15, 0.2) is 42.6 Å². The number of benzene rings is 1. The van der Waals surface area contributed by atoms with Gasteiger partial charge in [0, 0.05) is 24.3 Å². The zero-order chi connectivity index (χ0) is 17.2. The van der Waals surface area contributed by atoms with Crippen molar-refractivity contribution in [2.75, 3.05) is 13.1 Å². The SMILES string of the molecule is O=C(Cc1ccccc1Cl)N1CCC(n2nnc3cccnc32)CC1.